The van der Waals surface area contributed by atoms with Gasteiger partial charge in [-0.15, -0.1) is 0 Å². The zero-order valence-electron chi connectivity index (χ0n) is 15.5. The molecule has 1 aliphatic heterocycles. The maximum Gasteiger partial charge on any atom is 0.267 e. The molecule has 1 amide bonds. The fraction of sp³-hybridized carbons (Fsp3) is 0.130. The summed E-state index contributed by atoms with van der Waals surface area (Å²) in [6, 6.07) is 20.4. The predicted molar refractivity (Wildman–Crippen MR) is 113 cm³/mol. The fourth-order valence-corrected chi connectivity index (χ4v) is 3.36. The molecule has 29 heavy (non-hydrogen) atoms. The van der Waals surface area contributed by atoms with Gasteiger partial charge in [-0.3, -0.25) is 9.59 Å². The van der Waals surface area contributed by atoms with Gasteiger partial charge in [0, 0.05) is 23.7 Å². The number of halogens is 1. The lowest BCUT2D eigenvalue weighted by molar-refractivity contribution is -0.119. The molecule has 0 saturated carbocycles. The first-order chi connectivity index (χ1) is 14.1. The van der Waals surface area contributed by atoms with Gasteiger partial charge in [-0.1, -0.05) is 48.0 Å². The van der Waals surface area contributed by atoms with Crippen molar-refractivity contribution in [3.8, 4) is 11.5 Å². The molecule has 2 N–H and O–H groups in total. The number of para-hydroxylation sites is 1. The Balaban J connectivity index is 1.67. The number of benzene rings is 2. The Kier molecular flexibility index (Phi) is 5.49. The van der Waals surface area contributed by atoms with Crippen LogP contribution in [0.5, 0.6) is 11.5 Å². The minimum absolute atomic E-state index is 0.0295. The Bertz CT molecular complexity index is 1100. The second-order valence-electron chi connectivity index (χ2n) is 6.78. The molecule has 5 nitrogen and oxygen atoms in total. The van der Waals surface area contributed by atoms with Gasteiger partial charge in [0.25, 0.3) is 5.56 Å². The zero-order chi connectivity index (χ0) is 20.2. The van der Waals surface area contributed by atoms with Gasteiger partial charge in [0.15, 0.2) is 0 Å². The summed E-state index contributed by atoms with van der Waals surface area (Å²) in [6.45, 7) is 0. The quantitative estimate of drug-likeness (QED) is 0.653. The number of carbonyl (C=O) groups excluding carboxylic acids is 1. The summed E-state index contributed by atoms with van der Waals surface area (Å²) in [4.78, 5) is 26.4. The van der Waals surface area contributed by atoms with E-state index in [-0.39, 0.29) is 22.5 Å². The molecule has 2 heterocycles. The maximum atomic E-state index is 12.0. The van der Waals surface area contributed by atoms with Crippen molar-refractivity contribution in [1.29, 1.82) is 0 Å². The Morgan fingerprint density at radius 1 is 0.966 bits per heavy atom. The van der Waals surface area contributed by atoms with Crippen LogP contribution >= 0.6 is 11.6 Å². The third-order valence-corrected chi connectivity index (χ3v) is 4.99. The molecule has 1 aromatic heterocycles. The Labute approximate surface area is 173 Å². The topological polar surface area (TPSA) is 71.2 Å². The molecule has 1 atom stereocenters. The second-order valence-corrected chi connectivity index (χ2v) is 7.19. The third kappa shape index (κ3) is 4.58. The molecule has 2 aromatic carbocycles. The van der Waals surface area contributed by atoms with Crippen molar-refractivity contribution in [3.63, 3.8) is 0 Å². The molecule has 4 rings (SSSR count). The van der Waals surface area contributed by atoms with E-state index in [0.29, 0.717) is 17.9 Å². The number of aromatic amines is 1. The minimum atomic E-state index is -0.352. The van der Waals surface area contributed by atoms with E-state index in [1.165, 1.54) is 0 Å². The molecule has 6 heteroatoms. The van der Waals surface area contributed by atoms with Crippen LogP contribution < -0.4 is 15.6 Å². The summed E-state index contributed by atoms with van der Waals surface area (Å²) in [5, 5.41) is 3.07. The van der Waals surface area contributed by atoms with Crippen LogP contribution in [0.15, 0.2) is 77.6 Å². The average Bonchev–Trinajstić information content (AvgIpc) is 3.15. The lowest BCUT2D eigenvalue weighted by atomic mass is 9.99. The summed E-state index contributed by atoms with van der Waals surface area (Å²) in [5.41, 5.74) is 1.99. The van der Waals surface area contributed by atoms with E-state index in [2.05, 4.69) is 10.3 Å². The highest BCUT2D eigenvalue weighted by molar-refractivity contribution is 6.30. The predicted octanol–water partition coefficient (Wildman–Crippen LogP) is 4.53. The first-order valence-corrected chi connectivity index (χ1v) is 9.70. The van der Waals surface area contributed by atoms with Gasteiger partial charge in [-0.05, 0) is 48.4 Å². The number of nitrogens with one attached hydrogen (secondary N) is 2. The largest absolute Gasteiger partial charge is 0.457 e. The van der Waals surface area contributed by atoms with E-state index in [1.807, 2.05) is 60.7 Å². The number of amides is 1. The molecular weight excluding hydrogens is 388 g/mol. The second kappa shape index (κ2) is 8.37. The van der Waals surface area contributed by atoms with Gasteiger partial charge in [-0.25, -0.2) is 0 Å². The lowest BCUT2D eigenvalue weighted by Gasteiger charge is -2.13. The number of carbonyl (C=O) groups is 1. The van der Waals surface area contributed by atoms with Gasteiger partial charge < -0.3 is 15.0 Å². The van der Waals surface area contributed by atoms with E-state index in [0.717, 1.165) is 23.3 Å². The molecule has 1 saturated heterocycles. The zero-order valence-corrected chi connectivity index (χ0v) is 16.3. The molecule has 0 bridgehead atoms. The van der Waals surface area contributed by atoms with Crippen LogP contribution in [0.25, 0.3) is 5.57 Å². The van der Waals surface area contributed by atoms with Gasteiger partial charge in [0.2, 0.25) is 5.91 Å². The average molecular weight is 407 g/mol. The standard InChI is InChI=1S/C23H19ClN2O3/c24-20-11-12-21(26-23(20)28)19(14-16-8-13-22(27)25-16)15-6-9-18(10-7-15)29-17-4-2-1-3-5-17/h1-7,9-12,14,16H,8,13H2,(H,25,27)(H,26,28)/t16-/m1/s1. The van der Waals surface area contributed by atoms with Crippen LogP contribution in [0.1, 0.15) is 24.1 Å². The van der Waals surface area contributed by atoms with Crippen LogP contribution in [0.4, 0.5) is 0 Å². The van der Waals surface area contributed by atoms with E-state index >= 15 is 0 Å². The van der Waals surface area contributed by atoms with Crippen LogP contribution in [-0.2, 0) is 4.79 Å². The number of hydrogen-bond acceptors (Lipinski definition) is 3. The monoisotopic (exact) mass is 406 g/mol. The summed E-state index contributed by atoms with van der Waals surface area (Å²) < 4.78 is 5.85. The van der Waals surface area contributed by atoms with Crippen LogP contribution in [0.3, 0.4) is 0 Å². The van der Waals surface area contributed by atoms with Crippen LogP contribution in [0, 0.1) is 0 Å². The molecule has 0 spiro atoms. The van der Waals surface area contributed by atoms with Crippen molar-refractivity contribution in [1.82, 2.24) is 10.3 Å². The molecule has 146 valence electrons. The summed E-state index contributed by atoms with van der Waals surface area (Å²) in [7, 11) is 0. The number of H-pyrrole nitrogens is 1. The first kappa shape index (κ1) is 19.0. The smallest absolute Gasteiger partial charge is 0.267 e. The number of aromatic nitrogens is 1. The molecule has 0 aliphatic carbocycles. The van der Waals surface area contributed by atoms with Crippen molar-refractivity contribution in [2.75, 3.05) is 0 Å². The minimum Gasteiger partial charge on any atom is -0.457 e. The third-order valence-electron chi connectivity index (χ3n) is 4.69. The Hall–Kier alpha value is -3.31. The molecule has 0 unspecified atom stereocenters. The van der Waals surface area contributed by atoms with Gasteiger partial charge >= 0.3 is 0 Å². The van der Waals surface area contributed by atoms with E-state index in [4.69, 9.17) is 16.3 Å². The Morgan fingerprint density at radius 2 is 1.69 bits per heavy atom. The molecule has 1 aliphatic rings. The molecule has 0 radical (unpaired) electrons. The van der Waals surface area contributed by atoms with E-state index in [1.54, 1.807) is 12.1 Å². The SMILES string of the molecule is O=C1CC[C@H](C=C(c2ccc(Oc3ccccc3)cc2)c2ccc(Cl)c(=O)[nH]2)N1. The highest BCUT2D eigenvalue weighted by atomic mass is 35.5. The molecule has 3 aromatic rings. The normalized spacial score (nSPS) is 16.5. The van der Waals surface area contributed by atoms with Crippen LogP contribution in [-0.4, -0.2) is 16.9 Å². The first-order valence-electron chi connectivity index (χ1n) is 9.32. The van der Waals surface area contributed by atoms with Crippen molar-refractivity contribution in [2.24, 2.45) is 0 Å². The summed E-state index contributed by atoms with van der Waals surface area (Å²) >= 11 is 5.88. The van der Waals surface area contributed by atoms with Crippen molar-refractivity contribution >= 4 is 23.1 Å². The summed E-state index contributed by atoms with van der Waals surface area (Å²) in [6.07, 6.45) is 3.18. The number of pyridine rings is 1. The number of rotatable bonds is 5. The van der Waals surface area contributed by atoms with E-state index < -0.39 is 0 Å². The lowest BCUT2D eigenvalue weighted by Crippen LogP contribution is -2.23. The molecular formula is C23H19ClN2O3. The van der Waals surface area contributed by atoms with Crippen molar-refractivity contribution in [3.05, 3.63) is 99.4 Å². The highest BCUT2D eigenvalue weighted by Crippen LogP contribution is 2.28. The van der Waals surface area contributed by atoms with E-state index in [9.17, 15) is 9.59 Å². The van der Waals surface area contributed by atoms with Crippen molar-refractivity contribution < 1.29 is 9.53 Å². The number of ether oxygens (including phenoxy) is 1. The molecule has 1 fully saturated rings. The van der Waals surface area contributed by atoms with Gasteiger partial charge in [0.05, 0.1) is 0 Å². The van der Waals surface area contributed by atoms with Crippen molar-refractivity contribution in [2.45, 2.75) is 18.9 Å². The highest BCUT2D eigenvalue weighted by Gasteiger charge is 2.20. The van der Waals surface area contributed by atoms with Gasteiger partial charge in [-0.2, -0.15) is 0 Å². The Morgan fingerprint density at radius 3 is 2.34 bits per heavy atom. The summed E-state index contributed by atoms with van der Waals surface area (Å²) in [5.74, 6) is 1.49. The van der Waals surface area contributed by atoms with Gasteiger partial charge in [0.1, 0.15) is 16.5 Å². The fourth-order valence-electron chi connectivity index (χ4n) is 3.25. The van der Waals surface area contributed by atoms with Crippen LogP contribution in [0.2, 0.25) is 5.02 Å². The number of hydrogen-bond donors (Lipinski definition) is 2. The maximum absolute atomic E-state index is 12.0.